The third-order valence-corrected chi connectivity index (χ3v) is 1.79. The van der Waals surface area contributed by atoms with Gasteiger partial charge in [0.05, 0.1) is 6.54 Å². The van der Waals surface area contributed by atoms with E-state index in [1.165, 1.54) is 4.88 Å². The number of nitrogens with zero attached hydrogens (tertiary/aromatic N) is 1. The molecule has 0 aliphatic carbocycles. The predicted molar refractivity (Wildman–Crippen MR) is 37.8 cm³/mol. The van der Waals surface area contributed by atoms with Crippen molar-refractivity contribution in [2.45, 2.75) is 6.54 Å². The lowest BCUT2D eigenvalue weighted by molar-refractivity contribution is 1.14. The molecule has 1 aromatic heterocycles. The van der Waals surface area contributed by atoms with E-state index in [1.54, 1.807) is 11.3 Å². The summed E-state index contributed by atoms with van der Waals surface area (Å²) in [4.78, 5) is 1.24. The summed E-state index contributed by atoms with van der Waals surface area (Å²) in [7, 11) is 0. The molecular weight excluding hydrogens is 138 g/mol. The molecule has 1 aromatic rings. The number of rotatable bonds is 2. The highest BCUT2D eigenvalue weighted by Crippen LogP contribution is 2.08. The Morgan fingerprint density at radius 1 is 1.75 bits per heavy atom. The van der Waals surface area contributed by atoms with Gasteiger partial charge in [0.2, 0.25) is 0 Å². The number of hydrogen-bond donors (Lipinski definition) is 0. The van der Waals surface area contributed by atoms with Crippen molar-refractivity contribution in [3.63, 3.8) is 0 Å². The van der Waals surface area contributed by atoms with Crippen molar-refractivity contribution in [1.82, 2.24) is 0 Å². The molecule has 0 N–H and O–H groups in total. The molecule has 0 aliphatic rings. The van der Waals surface area contributed by atoms with Crippen molar-refractivity contribution < 1.29 is 0 Å². The van der Waals surface area contributed by atoms with Crippen LogP contribution in [-0.2, 0) is 19.0 Å². The molecule has 0 atom stereocenters. The third kappa shape index (κ3) is 1.35. The maximum Gasteiger partial charge on any atom is 0.0863 e. The maximum absolute atomic E-state index is 4.43. The lowest BCUT2D eigenvalue weighted by Crippen LogP contribution is -1.66. The minimum absolute atomic E-state index is 0.688. The van der Waals surface area contributed by atoms with Crippen molar-refractivity contribution >= 4 is 23.8 Å². The van der Waals surface area contributed by atoms with Crippen LogP contribution in [0.3, 0.4) is 0 Å². The fourth-order valence-corrected chi connectivity index (χ4v) is 1.32. The Morgan fingerprint density at radius 3 is 3.12 bits per heavy atom. The summed E-state index contributed by atoms with van der Waals surface area (Å²) >= 11 is 6.12. The van der Waals surface area contributed by atoms with E-state index in [-0.39, 0.29) is 0 Å². The van der Waals surface area contributed by atoms with E-state index in [0.29, 0.717) is 6.54 Å². The van der Waals surface area contributed by atoms with E-state index in [9.17, 15) is 0 Å². The highest BCUT2D eigenvalue weighted by Gasteiger charge is 1.86. The van der Waals surface area contributed by atoms with Crippen molar-refractivity contribution in [3.05, 3.63) is 22.4 Å². The summed E-state index contributed by atoms with van der Waals surface area (Å²) < 4.78 is 3.57. The third-order valence-electron chi connectivity index (χ3n) is 0.800. The second-order valence-electron chi connectivity index (χ2n) is 1.37. The van der Waals surface area contributed by atoms with E-state index >= 15 is 0 Å². The van der Waals surface area contributed by atoms with Gasteiger partial charge in [-0.1, -0.05) is 6.07 Å². The van der Waals surface area contributed by atoms with Gasteiger partial charge in [0.1, 0.15) is 0 Å². The van der Waals surface area contributed by atoms with Crippen molar-refractivity contribution in [2.75, 3.05) is 0 Å². The van der Waals surface area contributed by atoms with E-state index in [0.717, 1.165) is 0 Å². The van der Waals surface area contributed by atoms with Gasteiger partial charge in [0.25, 0.3) is 0 Å². The lowest BCUT2D eigenvalue weighted by atomic mass is 10.5. The first-order valence-corrected chi connectivity index (χ1v) is 3.49. The number of hydrogen-bond acceptors (Lipinski definition) is 3. The van der Waals surface area contributed by atoms with Crippen molar-refractivity contribution in [3.8, 4) is 0 Å². The molecule has 3 heteroatoms. The molecule has 1 rings (SSSR count). The average molecular weight is 143 g/mol. The molecule has 0 saturated heterocycles. The fourth-order valence-electron chi connectivity index (χ4n) is 0.466. The molecule has 0 aromatic carbocycles. The van der Waals surface area contributed by atoms with Crippen molar-refractivity contribution in [2.24, 2.45) is 4.36 Å². The smallest absolute Gasteiger partial charge is 0.0863 e. The molecule has 0 spiro atoms. The van der Waals surface area contributed by atoms with E-state index < -0.39 is 0 Å². The zero-order valence-electron chi connectivity index (χ0n) is 4.20. The van der Waals surface area contributed by atoms with Gasteiger partial charge in [-0.05, 0) is 11.4 Å². The topological polar surface area (TPSA) is 12.4 Å². The number of thiophene rings is 1. The SMILES string of the molecule is S=NCc1cccs1. The van der Waals surface area contributed by atoms with Crippen LogP contribution in [0, 0.1) is 0 Å². The fraction of sp³-hybridized carbons (Fsp3) is 0.200. The zero-order chi connectivity index (χ0) is 5.82. The van der Waals surface area contributed by atoms with Gasteiger partial charge in [-0.15, -0.1) is 11.3 Å². The monoisotopic (exact) mass is 143 g/mol. The first-order chi connectivity index (χ1) is 3.93. The van der Waals surface area contributed by atoms with E-state index in [2.05, 4.69) is 16.8 Å². The van der Waals surface area contributed by atoms with Crippen LogP contribution in [0.25, 0.3) is 0 Å². The van der Waals surface area contributed by atoms with Crippen LogP contribution in [0.5, 0.6) is 0 Å². The zero-order valence-corrected chi connectivity index (χ0v) is 5.84. The van der Waals surface area contributed by atoms with Gasteiger partial charge in [0, 0.05) is 17.3 Å². The van der Waals surface area contributed by atoms with Crippen LogP contribution in [0.4, 0.5) is 0 Å². The minimum Gasteiger partial charge on any atom is -0.214 e. The largest absolute Gasteiger partial charge is 0.214 e. The molecule has 1 heterocycles. The maximum atomic E-state index is 4.43. The second kappa shape index (κ2) is 2.89. The molecule has 0 fully saturated rings. The molecule has 0 saturated carbocycles. The van der Waals surface area contributed by atoms with Gasteiger partial charge >= 0.3 is 0 Å². The highest BCUT2D eigenvalue weighted by atomic mass is 32.1. The standard InChI is InChI=1S/C5H5NS2/c7-6-4-5-2-1-3-8-5/h1-3H,4H2. The summed E-state index contributed by atoms with van der Waals surface area (Å²) in [5.41, 5.74) is 0. The Kier molecular flexibility index (Phi) is 2.11. The molecular formula is C5H5NS2. The minimum atomic E-state index is 0.688. The Hall–Kier alpha value is -0.280. The van der Waals surface area contributed by atoms with Crippen LogP contribution in [0.1, 0.15) is 4.88 Å². The molecule has 42 valence electrons. The summed E-state index contributed by atoms with van der Waals surface area (Å²) in [6.45, 7) is 0.688. The molecule has 0 aliphatic heterocycles. The predicted octanol–water partition coefficient (Wildman–Crippen LogP) is 1.98. The molecule has 1 nitrogen and oxygen atoms in total. The molecule has 8 heavy (non-hydrogen) atoms. The normalized spacial score (nSPS) is 9.00. The van der Waals surface area contributed by atoms with E-state index in [1.807, 2.05) is 17.5 Å². The summed E-state index contributed by atoms with van der Waals surface area (Å²) in [6, 6.07) is 4.03. The van der Waals surface area contributed by atoms with Crippen LogP contribution in [0.2, 0.25) is 0 Å². The molecule has 0 unspecified atom stereocenters. The lowest BCUT2D eigenvalue weighted by Gasteiger charge is -1.79. The Bertz CT molecular complexity index is 157. The van der Waals surface area contributed by atoms with Gasteiger partial charge < -0.3 is 0 Å². The first-order valence-electron chi connectivity index (χ1n) is 2.25. The van der Waals surface area contributed by atoms with Gasteiger partial charge in [-0.2, -0.15) is 0 Å². The van der Waals surface area contributed by atoms with Crippen LogP contribution in [-0.4, -0.2) is 0 Å². The summed E-state index contributed by atoms with van der Waals surface area (Å²) in [6.07, 6.45) is 0. The molecule has 0 radical (unpaired) electrons. The quantitative estimate of drug-likeness (QED) is 0.616. The van der Waals surface area contributed by atoms with Crippen LogP contribution >= 0.6 is 11.3 Å². The Balaban J connectivity index is 2.62. The van der Waals surface area contributed by atoms with Crippen molar-refractivity contribution in [1.29, 1.82) is 0 Å². The Labute approximate surface area is 57.5 Å². The van der Waals surface area contributed by atoms with Crippen LogP contribution < -0.4 is 0 Å². The van der Waals surface area contributed by atoms with Gasteiger partial charge in [-0.25, -0.2) is 4.36 Å². The molecule has 0 amide bonds. The van der Waals surface area contributed by atoms with E-state index in [4.69, 9.17) is 0 Å². The van der Waals surface area contributed by atoms with Gasteiger partial charge in [-0.3, -0.25) is 0 Å². The average Bonchev–Trinajstić information content (AvgIpc) is 2.19. The summed E-state index contributed by atoms with van der Waals surface area (Å²) in [5.74, 6) is 0. The highest BCUT2D eigenvalue weighted by molar-refractivity contribution is 7.47. The van der Waals surface area contributed by atoms with Crippen LogP contribution in [0.15, 0.2) is 21.9 Å². The summed E-state index contributed by atoms with van der Waals surface area (Å²) in [5, 5.41) is 2.02. The van der Waals surface area contributed by atoms with Gasteiger partial charge in [0.15, 0.2) is 0 Å². The Morgan fingerprint density at radius 2 is 2.62 bits per heavy atom. The first kappa shape index (κ1) is 5.85. The molecule has 0 bridgehead atoms. The second-order valence-corrected chi connectivity index (χ2v) is 2.66.